The minimum atomic E-state index is -1.28. The summed E-state index contributed by atoms with van der Waals surface area (Å²) in [7, 11) is 4.23. The molecule has 0 aliphatic carbocycles. The number of nitrogens with one attached hydrogen (secondary N) is 4. The predicted molar refractivity (Wildman–Crippen MR) is 249 cm³/mol. The number of methoxy groups -OCH3 is 3. The van der Waals surface area contributed by atoms with Gasteiger partial charge in [0.25, 0.3) is 0 Å². The molecular formula is C49H63N9O8. The Labute approximate surface area is 384 Å². The molecule has 5 aromatic rings. The average molecular weight is 906 g/mol. The Bertz CT molecular complexity index is 2570. The number of benzene rings is 3. The van der Waals surface area contributed by atoms with Crippen molar-refractivity contribution < 1.29 is 38.5 Å². The zero-order valence-corrected chi connectivity index (χ0v) is 39.1. The third kappa shape index (κ3) is 9.14. The number of ether oxygens (including phenoxy) is 3. The third-order valence-electron chi connectivity index (χ3n) is 13.9. The molecule has 3 aromatic carbocycles. The van der Waals surface area contributed by atoms with Gasteiger partial charge in [-0.2, -0.15) is 0 Å². The summed E-state index contributed by atoms with van der Waals surface area (Å²) in [5.74, 6) is 0.786. The molecule has 8 rings (SSSR count). The molecule has 5 heterocycles. The van der Waals surface area contributed by atoms with Gasteiger partial charge in [-0.1, -0.05) is 45.0 Å². The van der Waals surface area contributed by atoms with E-state index in [9.17, 15) is 24.3 Å². The van der Waals surface area contributed by atoms with E-state index in [4.69, 9.17) is 24.2 Å². The standard InChI is InChI=1S/C49H63N9O8/c1-27(64-6)41(54-47(61)62)45(59)56-23-9-11-39(56)43-50-33-19-13-29(25-35(33)52-43)37-21-22-38(58(37)32-17-15-31(16-18-32)49(3,4)5)30-14-20-34-36(26-30)53-44(51-34)40-12-10-24-57(40)46(60)42(28(2)65-7)55-48(63)66-8/h13-20,25-28,37-42,54H,9-12,21-24H2,1-8H3,(H,50,52)(H,51,53)(H,55,63)(H,61,62)/t27?,28?,37-,38-,39+,40+,41?,42?/m1/s1. The molecule has 4 unspecified atom stereocenters. The highest BCUT2D eigenvalue weighted by atomic mass is 16.5. The number of hydrogen-bond donors (Lipinski definition) is 5. The van der Waals surface area contributed by atoms with Crippen LogP contribution >= 0.6 is 0 Å². The quantitative estimate of drug-likeness (QED) is 0.0779. The molecule has 5 N–H and O–H groups in total. The van der Waals surface area contributed by atoms with Crippen molar-refractivity contribution in [1.29, 1.82) is 0 Å². The number of amides is 4. The summed E-state index contributed by atoms with van der Waals surface area (Å²) in [6.07, 6.45) is 1.56. The SMILES string of the molecule is COC(=O)NC(C(=O)N1CCC[C@H]1c1nc2ccc([C@H]3CC[C@H](c4ccc5nc([C@@H]6CCCN6C(=O)C(NC(=O)O)C(C)OC)[nH]c5c4)N3c3ccc(C(C)(C)C)cc3)cc2[nH]1)C(C)OC. The molecule has 0 bridgehead atoms. The molecule has 3 fully saturated rings. The molecule has 0 saturated carbocycles. The highest BCUT2D eigenvalue weighted by molar-refractivity contribution is 5.88. The van der Waals surface area contributed by atoms with Crippen LogP contribution in [0.1, 0.15) is 126 Å². The zero-order chi connectivity index (χ0) is 47.0. The van der Waals surface area contributed by atoms with Gasteiger partial charge in [0.15, 0.2) is 0 Å². The number of anilines is 1. The lowest BCUT2D eigenvalue weighted by Gasteiger charge is -2.34. The van der Waals surface area contributed by atoms with Crippen LogP contribution in [0.25, 0.3) is 22.1 Å². The molecule has 2 aromatic heterocycles. The van der Waals surface area contributed by atoms with Crippen LogP contribution in [0.3, 0.4) is 0 Å². The zero-order valence-electron chi connectivity index (χ0n) is 39.1. The smallest absolute Gasteiger partial charge is 0.407 e. The van der Waals surface area contributed by atoms with Crippen molar-refractivity contribution in [3.05, 3.63) is 89.0 Å². The number of likely N-dealkylation sites (tertiary alicyclic amines) is 2. The van der Waals surface area contributed by atoms with Gasteiger partial charge in [-0.15, -0.1) is 0 Å². The first-order valence-corrected chi connectivity index (χ1v) is 23.0. The number of aromatic amines is 2. The van der Waals surface area contributed by atoms with Crippen LogP contribution in [0.2, 0.25) is 0 Å². The van der Waals surface area contributed by atoms with E-state index in [-0.39, 0.29) is 41.4 Å². The maximum absolute atomic E-state index is 14.0. The van der Waals surface area contributed by atoms with E-state index >= 15 is 0 Å². The molecular weight excluding hydrogens is 843 g/mol. The molecule has 17 heteroatoms. The van der Waals surface area contributed by atoms with E-state index in [2.05, 4.69) is 101 Å². The van der Waals surface area contributed by atoms with E-state index in [0.29, 0.717) is 31.2 Å². The van der Waals surface area contributed by atoms with Crippen LogP contribution < -0.4 is 15.5 Å². The molecule has 352 valence electrons. The minimum absolute atomic E-state index is 0.00933. The second kappa shape index (κ2) is 19.0. The third-order valence-corrected chi connectivity index (χ3v) is 13.9. The number of fused-ring (bicyclic) bond motifs is 2. The van der Waals surface area contributed by atoms with Crippen LogP contribution in [-0.2, 0) is 29.2 Å². The first-order chi connectivity index (χ1) is 31.6. The van der Waals surface area contributed by atoms with Crippen molar-refractivity contribution in [3.8, 4) is 0 Å². The minimum Gasteiger partial charge on any atom is -0.465 e. The number of imidazole rings is 2. The van der Waals surface area contributed by atoms with Crippen molar-refractivity contribution >= 4 is 51.8 Å². The molecule has 3 aliphatic rings. The Hall–Kier alpha value is -6.20. The number of nitrogens with zero attached hydrogens (tertiary/aromatic N) is 5. The van der Waals surface area contributed by atoms with Crippen molar-refractivity contribution in [1.82, 2.24) is 40.4 Å². The summed E-state index contributed by atoms with van der Waals surface area (Å²) < 4.78 is 15.7. The molecule has 3 aliphatic heterocycles. The molecule has 3 saturated heterocycles. The first kappa shape index (κ1) is 46.3. The Kier molecular flexibility index (Phi) is 13.3. The molecule has 17 nitrogen and oxygen atoms in total. The Balaban J connectivity index is 1.09. The van der Waals surface area contributed by atoms with Gasteiger partial charge in [0.1, 0.15) is 23.7 Å². The second-order valence-corrected chi connectivity index (χ2v) is 18.9. The highest BCUT2D eigenvalue weighted by Crippen LogP contribution is 2.48. The highest BCUT2D eigenvalue weighted by Gasteiger charge is 2.41. The monoisotopic (exact) mass is 905 g/mol. The van der Waals surface area contributed by atoms with E-state index in [1.807, 2.05) is 6.07 Å². The van der Waals surface area contributed by atoms with Gasteiger partial charge in [-0.05, 0) is 111 Å². The van der Waals surface area contributed by atoms with Crippen LogP contribution in [-0.4, -0.2) is 118 Å². The number of rotatable bonds is 13. The summed E-state index contributed by atoms with van der Waals surface area (Å²) in [6, 6.07) is 19.1. The summed E-state index contributed by atoms with van der Waals surface area (Å²) in [5, 5.41) is 14.5. The fraction of sp³-hybridized carbons (Fsp3) is 0.510. The van der Waals surface area contributed by atoms with Crippen molar-refractivity contribution in [2.45, 2.75) is 127 Å². The van der Waals surface area contributed by atoms with Crippen molar-refractivity contribution in [2.75, 3.05) is 39.3 Å². The van der Waals surface area contributed by atoms with Gasteiger partial charge in [0.05, 0.1) is 65.6 Å². The van der Waals surface area contributed by atoms with Gasteiger partial charge >= 0.3 is 12.2 Å². The predicted octanol–water partition coefficient (Wildman–Crippen LogP) is 7.58. The molecule has 0 spiro atoms. The summed E-state index contributed by atoms with van der Waals surface area (Å²) in [5.41, 5.74) is 7.99. The number of aromatic nitrogens is 4. The fourth-order valence-electron chi connectivity index (χ4n) is 10.1. The van der Waals surface area contributed by atoms with Crippen LogP contribution in [0.5, 0.6) is 0 Å². The molecule has 4 amide bonds. The van der Waals surface area contributed by atoms with Gasteiger partial charge in [-0.3, -0.25) is 9.59 Å². The summed E-state index contributed by atoms with van der Waals surface area (Å²) >= 11 is 0. The van der Waals surface area contributed by atoms with Crippen LogP contribution in [0, 0.1) is 0 Å². The lowest BCUT2D eigenvalue weighted by atomic mass is 9.87. The van der Waals surface area contributed by atoms with Gasteiger partial charge < -0.3 is 54.6 Å². The second-order valence-electron chi connectivity index (χ2n) is 18.9. The number of H-pyrrole nitrogens is 2. The first-order valence-electron chi connectivity index (χ1n) is 23.0. The number of hydrogen-bond acceptors (Lipinski definition) is 10. The van der Waals surface area contributed by atoms with E-state index in [1.165, 1.54) is 26.9 Å². The number of alkyl carbamates (subject to hydrolysis) is 1. The molecule has 66 heavy (non-hydrogen) atoms. The maximum atomic E-state index is 14.0. The van der Waals surface area contributed by atoms with Gasteiger partial charge in [-0.25, -0.2) is 19.6 Å². The Morgan fingerprint density at radius 3 is 1.58 bits per heavy atom. The number of carbonyl (C=O) groups is 4. The Morgan fingerprint density at radius 2 is 1.15 bits per heavy atom. The lowest BCUT2D eigenvalue weighted by molar-refractivity contribution is -0.138. The normalized spacial score (nSPS) is 21.8. The number of carboxylic acid groups (broad SMARTS) is 1. The van der Waals surface area contributed by atoms with Crippen LogP contribution in [0.15, 0.2) is 60.7 Å². The van der Waals surface area contributed by atoms with E-state index in [0.717, 1.165) is 71.0 Å². The van der Waals surface area contributed by atoms with Gasteiger partial charge in [0, 0.05) is 33.0 Å². The summed E-state index contributed by atoms with van der Waals surface area (Å²) in [6.45, 7) is 11.1. The van der Waals surface area contributed by atoms with Crippen molar-refractivity contribution in [3.63, 3.8) is 0 Å². The Morgan fingerprint density at radius 1 is 0.682 bits per heavy atom. The van der Waals surface area contributed by atoms with Crippen molar-refractivity contribution in [2.24, 2.45) is 0 Å². The largest absolute Gasteiger partial charge is 0.465 e. The topological polar surface area (TPSA) is 207 Å². The van der Waals surface area contributed by atoms with Gasteiger partial charge in [0.2, 0.25) is 11.8 Å². The fourth-order valence-corrected chi connectivity index (χ4v) is 10.1. The van der Waals surface area contributed by atoms with E-state index in [1.54, 1.807) is 23.6 Å². The molecule has 0 radical (unpaired) electrons. The lowest BCUT2D eigenvalue weighted by Crippen LogP contribution is -2.54. The molecule has 8 atom stereocenters. The summed E-state index contributed by atoms with van der Waals surface area (Å²) in [4.78, 5) is 74.7. The van der Waals surface area contributed by atoms with E-state index < -0.39 is 36.5 Å². The average Bonchev–Trinajstić information content (AvgIpc) is 4.16. The van der Waals surface area contributed by atoms with Crippen LogP contribution in [0.4, 0.5) is 15.3 Å². The maximum Gasteiger partial charge on any atom is 0.407 e. The number of carbonyl (C=O) groups excluding carboxylic acids is 3.